The first-order valence-electron chi connectivity index (χ1n) is 13.0. The van der Waals surface area contributed by atoms with E-state index in [1.165, 1.54) is 41.8 Å². The van der Waals surface area contributed by atoms with Gasteiger partial charge in [-0.2, -0.15) is 31.8 Å². The summed E-state index contributed by atoms with van der Waals surface area (Å²) in [6.45, 7) is 3.34. The maximum Gasteiger partial charge on any atom is 0.435 e. The molecule has 0 unspecified atom stereocenters. The zero-order chi connectivity index (χ0) is 29.9. The van der Waals surface area contributed by atoms with Gasteiger partial charge in [-0.25, -0.2) is 10.1 Å². The second kappa shape index (κ2) is 12.3. The quantitative estimate of drug-likeness (QED) is 0.145. The van der Waals surface area contributed by atoms with Crippen molar-refractivity contribution in [3.63, 3.8) is 0 Å². The molecule has 5 rings (SSSR count). The van der Waals surface area contributed by atoms with E-state index in [0.29, 0.717) is 28.9 Å². The summed E-state index contributed by atoms with van der Waals surface area (Å²) >= 11 is 7.20. The molecule has 42 heavy (non-hydrogen) atoms. The number of likely N-dealkylation sites (tertiary alicyclic amines) is 1. The highest BCUT2D eigenvalue weighted by Crippen LogP contribution is 2.35. The zero-order valence-electron chi connectivity index (χ0n) is 22.3. The molecule has 14 heteroatoms. The third kappa shape index (κ3) is 7.02. The molecule has 4 aromatic rings. The van der Waals surface area contributed by atoms with Crippen molar-refractivity contribution in [2.75, 3.05) is 13.1 Å². The van der Waals surface area contributed by atoms with Crippen LogP contribution >= 0.6 is 22.9 Å². The van der Waals surface area contributed by atoms with E-state index in [-0.39, 0.29) is 22.2 Å². The number of sulfonamides is 1. The van der Waals surface area contributed by atoms with Crippen molar-refractivity contribution in [1.82, 2.24) is 20.1 Å². The van der Waals surface area contributed by atoms with Gasteiger partial charge in [0.15, 0.2) is 5.69 Å². The maximum atomic E-state index is 13.5. The number of piperidine rings is 1. The fourth-order valence-corrected chi connectivity index (χ4v) is 6.15. The van der Waals surface area contributed by atoms with E-state index in [0.717, 1.165) is 29.2 Å². The molecule has 3 heterocycles. The van der Waals surface area contributed by atoms with Crippen molar-refractivity contribution in [1.29, 1.82) is 0 Å². The molecule has 220 valence electrons. The summed E-state index contributed by atoms with van der Waals surface area (Å²) in [5.41, 5.74) is 3.01. The molecule has 0 atom stereocenters. The molecule has 1 saturated heterocycles. The number of nitrogens with one attached hydrogen (secondary N) is 1. The van der Waals surface area contributed by atoms with E-state index in [9.17, 15) is 21.6 Å². The molecule has 0 amide bonds. The number of thiophene rings is 1. The normalized spacial score (nSPS) is 15.5. The van der Waals surface area contributed by atoms with Gasteiger partial charge in [-0.3, -0.25) is 0 Å². The van der Waals surface area contributed by atoms with Crippen LogP contribution in [0.1, 0.15) is 31.0 Å². The van der Waals surface area contributed by atoms with Gasteiger partial charge in [0.05, 0.1) is 27.4 Å². The van der Waals surface area contributed by atoms with E-state index in [2.05, 4.69) is 26.9 Å². The maximum absolute atomic E-state index is 13.5. The topological polar surface area (TPSA) is 92.0 Å². The Labute approximate surface area is 250 Å². The lowest BCUT2D eigenvalue weighted by Crippen LogP contribution is -2.44. The van der Waals surface area contributed by atoms with Crippen LogP contribution in [0, 0.1) is 5.92 Å². The Morgan fingerprint density at radius 2 is 1.79 bits per heavy atom. The third-order valence-corrected chi connectivity index (χ3v) is 9.12. The third-order valence-electron chi connectivity index (χ3n) is 6.69. The number of alkyl halides is 3. The molecule has 1 N–H and O–H groups in total. The standard InChI is InChI=1S/C28H26ClF3N6O2S2/c1-19-12-14-37(15-13-19)27(34-33-18-20-4-6-21(29)7-5-20)36-42(39,40)23-10-8-22(9-11-23)38-24(25-3-2-16-41-25)17-26(35-38)28(30,31)32/h2-11,16-19H,12-15H2,1H3,(H,34,36)/b33-18+. The number of benzene rings is 2. The Bertz CT molecular complexity index is 1680. The Morgan fingerprint density at radius 3 is 2.40 bits per heavy atom. The summed E-state index contributed by atoms with van der Waals surface area (Å²) < 4.78 is 72.4. The molecule has 2 aromatic heterocycles. The van der Waals surface area contributed by atoms with Gasteiger partial charge in [0, 0.05) is 18.1 Å². The Morgan fingerprint density at radius 1 is 1.10 bits per heavy atom. The van der Waals surface area contributed by atoms with E-state index < -0.39 is 21.9 Å². The van der Waals surface area contributed by atoms with Crippen LogP contribution in [0.2, 0.25) is 5.02 Å². The highest BCUT2D eigenvalue weighted by Gasteiger charge is 2.35. The Hall–Kier alpha value is -3.68. The molecule has 1 fully saturated rings. The van der Waals surface area contributed by atoms with Gasteiger partial charge in [0.2, 0.25) is 5.96 Å². The smallest absolute Gasteiger partial charge is 0.341 e. The van der Waals surface area contributed by atoms with Crippen LogP contribution in [-0.2, 0) is 16.2 Å². The summed E-state index contributed by atoms with van der Waals surface area (Å²) in [6, 6.07) is 16.8. The second-order valence-electron chi connectivity index (χ2n) is 9.78. The van der Waals surface area contributed by atoms with Crippen LogP contribution in [0.5, 0.6) is 0 Å². The minimum Gasteiger partial charge on any atom is -0.341 e. The van der Waals surface area contributed by atoms with Gasteiger partial charge in [-0.1, -0.05) is 36.7 Å². The SMILES string of the molecule is CC1CCN(C(=NS(=O)(=O)c2ccc(-n3nc(C(F)(F)F)cc3-c3cccs3)cc2)N/N=C/c2ccc(Cl)cc2)CC1. The molecule has 8 nitrogen and oxygen atoms in total. The number of hydrazone groups is 1. The average Bonchev–Trinajstić information content (AvgIpc) is 3.65. The predicted molar refractivity (Wildman–Crippen MR) is 159 cm³/mol. The Balaban J connectivity index is 1.44. The monoisotopic (exact) mass is 634 g/mol. The van der Waals surface area contributed by atoms with E-state index in [4.69, 9.17) is 11.6 Å². The summed E-state index contributed by atoms with van der Waals surface area (Å²) in [6.07, 6.45) is -1.37. The minimum atomic E-state index is -4.64. The van der Waals surface area contributed by atoms with Crippen LogP contribution in [-0.4, -0.2) is 48.4 Å². The molecule has 0 aliphatic carbocycles. The average molecular weight is 635 g/mol. The largest absolute Gasteiger partial charge is 0.435 e. The number of aromatic nitrogens is 2. The van der Waals surface area contributed by atoms with E-state index >= 15 is 0 Å². The number of rotatable bonds is 6. The molecule has 2 aromatic carbocycles. The van der Waals surface area contributed by atoms with Gasteiger partial charge in [-0.05, 0) is 78.2 Å². The first-order chi connectivity index (χ1) is 20.0. The fourth-order valence-electron chi connectivity index (χ4n) is 4.32. The highest BCUT2D eigenvalue weighted by molar-refractivity contribution is 7.90. The van der Waals surface area contributed by atoms with Crippen LogP contribution in [0.3, 0.4) is 0 Å². The van der Waals surface area contributed by atoms with Crippen LogP contribution in [0.25, 0.3) is 16.3 Å². The number of halogens is 4. The summed E-state index contributed by atoms with van der Waals surface area (Å²) in [5.74, 6) is 0.585. The first kappa shape index (κ1) is 29.8. The molecule has 0 radical (unpaired) electrons. The van der Waals surface area contributed by atoms with Gasteiger partial charge in [-0.15, -0.1) is 15.7 Å². The lowest BCUT2D eigenvalue weighted by Gasteiger charge is -2.31. The molecular weight excluding hydrogens is 609 g/mol. The van der Waals surface area contributed by atoms with Crippen LogP contribution < -0.4 is 5.43 Å². The van der Waals surface area contributed by atoms with Gasteiger partial charge in [0.1, 0.15) is 0 Å². The van der Waals surface area contributed by atoms with Crippen molar-refractivity contribution in [2.24, 2.45) is 15.4 Å². The molecule has 1 aliphatic heterocycles. The van der Waals surface area contributed by atoms with Gasteiger partial charge < -0.3 is 4.90 Å². The molecule has 0 spiro atoms. The van der Waals surface area contributed by atoms with Crippen molar-refractivity contribution in [3.05, 3.63) is 88.4 Å². The van der Waals surface area contributed by atoms with Gasteiger partial charge in [0.25, 0.3) is 10.0 Å². The number of hydrogen-bond acceptors (Lipinski definition) is 5. The van der Waals surface area contributed by atoms with E-state index in [1.54, 1.807) is 41.8 Å². The Kier molecular flexibility index (Phi) is 8.71. The van der Waals surface area contributed by atoms with Gasteiger partial charge >= 0.3 is 6.18 Å². The molecule has 0 bridgehead atoms. The van der Waals surface area contributed by atoms with Crippen molar-refractivity contribution in [3.8, 4) is 16.3 Å². The van der Waals surface area contributed by atoms with Crippen LogP contribution in [0.4, 0.5) is 13.2 Å². The minimum absolute atomic E-state index is 0.0815. The summed E-state index contributed by atoms with van der Waals surface area (Å²) in [4.78, 5) is 2.30. The summed E-state index contributed by atoms with van der Waals surface area (Å²) in [5, 5.41) is 10.3. The van der Waals surface area contributed by atoms with Crippen molar-refractivity contribution in [2.45, 2.75) is 30.8 Å². The number of hydrogen-bond donors (Lipinski definition) is 1. The first-order valence-corrected chi connectivity index (χ1v) is 15.7. The fraction of sp³-hybridized carbons (Fsp3) is 0.250. The molecule has 1 aliphatic rings. The zero-order valence-corrected chi connectivity index (χ0v) is 24.7. The summed E-state index contributed by atoms with van der Waals surface area (Å²) in [7, 11) is -4.21. The molecular formula is C28H26ClF3N6O2S2. The predicted octanol–water partition coefficient (Wildman–Crippen LogP) is 6.67. The number of nitrogens with zero attached hydrogens (tertiary/aromatic N) is 5. The van der Waals surface area contributed by atoms with Crippen molar-refractivity contribution < 1.29 is 21.6 Å². The van der Waals surface area contributed by atoms with E-state index in [1.807, 2.05) is 4.90 Å². The second-order valence-corrected chi connectivity index (χ2v) is 12.8. The van der Waals surface area contributed by atoms with Crippen molar-refractivity contribution >= 4 is 45.1 Å². The van der Waals surface area contributed by atoms with Crippen LogP contribution in [0.15, 0.2) is 86.5 Å². The lowest BCUT2D eigenvalue weighted by atomic mass is 10.00. The highest BCUT2D eigenvalue weighted by atomic mass is 35.5. The lowest BCUT2D eigenvalue weighted by molar-refractivity contribution is -0.141. The molecule has 0 saturated carbocycles. The number of guanidine groups is 1.